The molecule has 31 heavy (non-hydrogen) atoms. The van der Waals surface area contributed by atoms with Gasteiger partial charge >= 0.3 is 0 Å². The second-order valence-electron chi connectivity index (χ2n) is 7.51. The van der Waals surface area contributed by atoms with Crippen LogP contribution < -0.4 is 10.6 Å². The zero-order chi connectivity index (χ0) is 22.3. The molecule has 0 unspecified atom stereocenters. The van der Waals surface area contributed by atoms with Gasteiger partial charge in [0.2, 0.25) is 17.1 Å². The first-order chi connectivity index (χ1) is 14.9. The lowest BCUT2D eigenvalue weighted by Gasteiger charge is -2.17. The van der Waals surface area contributed by atoms with Gasteiger partial charge in [-0.1, -0.05) is 73.9 Å². The molecule has 0 radical (unpaired) electrons. The topological polar surface area (TPSA) is 63.6 Å². The van der Waals surface area contributed by atoms with Gasteiger partial charge in [-0.15, -0.1) is 0 Å². The normalized spacial score (nSPS) is 12.6. The van der Waals surface area contributed by atoms with Crippen molar-refractivity contribution in [2.75, 3.05) is 0 Å². The summed E-state index contributed by atoms with van der Waals surface area (Å²) >= 11 is 0. The van der Waals surface area contributed by atoms with Crippen molar-refractivity contribution in [3.05, 3.63) is 90.5 Å². The Morgan fingerprint density at radius 1 is 0.806 bits per heavy atom. The average molecular weight is 454 g/mol. The minimum Gasteiger partial charge on any atom is -0.288 e. The zero-order valence-corrected chi connectivity index (χ0v) is 19.6. The molecule has 3 aromatic carbocycles. The van der Waals surface area contributed by atoms with Crippen molar-refractivity contribution in [1.82, 2.24) is 0 Å². The monoisotopic (exact) mass is 453 g/mol. The van der Waals surface area contributed by atoms with E-state index in [0.717, 1.165) is 18.4 Å². The third kappa shape index (κ3) is 5.41. The summed E-state index contributed by atoms with van der Waals surface area (Å²) < 4.78 is 46.0. The molecule has 0 aliphatic rings. The summed E-state index contributed by atoms with van der Waals surface area (Å²) in [6.07, 6.45) is 2.76. The number of rotatable bonds is 8. The smallest absolute Gasteiger partial charge is 0.248 e. The van der Waals surface area contributed by atoms with Crippen LogP contribution in [-0.4, -0.2) is 13.5 Å². The van der Waals surface area contributed by atoms with E-state index in [1.165, 1.54) is 0 Å². The highest BCUT2D eigenvalue weighted by Gasteiger charge is 2.31. The van der Waals surface area contributed by atoms with E-state index in [2.05, 4.69) is 11.7 Å². The molecule has 0 heterocycles. The van der Waals surface area contributed by atoms with E-state index in [0.29, 0.717) is 17.0 Å². The summed E-state index contributed by atoms with van der Waals surface area (Å²) in [5.41, 5.74) is 0.975. The summed E-state index contributed by atoms with van der Waals surface area (Å²) in [6.45, 7) is 3.97. The summed E-state index contributed by atoms with van der Waals surface area (Å²) in [5.74, 6) is 0. The molecule has 0 N–H and O–H groups in total. The Hall–Kier alpha value is -2.49. The Labute approximate surface area is 185 Å². The molecule has 162 valence electrons. The fraction of sp³-hybridized carbons (Fsp3) is 0.240. The van der Waals surface area contributed by atoms with E-state index < -0.39 is 17.1 Å². The van der Waals surface area contributed by atoms with Gasteiger partial charge in [-0.25, -0.2) is 13.2 Å². The maximum absolute atomic E-state index is 14.3. The third-order valence-corrected chi connectivity index (χ3v) is 9.56. The maximum atomic E-state index is 14.3. The maximum Gasteiger partial charge on any atom is 0.248 e. The van der Waals surface area contributed by atoms with Gasteiger partial charge in [0.1, 0.15) is 5.04 Å². The molecule has 6 heteroatoms. The van der Waals surface area contributed by atoms with Crippen molar-refractivity contribution < 1.29 is 13.0 Å². The average Bonchev–Trinajstić information content (AvgIpc) is 2.80. The van der Waals surface area contributed by atoms with Gasteiger partial charge in [-0.2, -0.15) is 0 Å². The van der Waals surface area contributed by atoms with Crippen LogP contribution in [0.2, 0.25) is 0 Å². The molecule has 0 amide bonds. The lowest BCUT2D eigenvalue weighted by atomic mass is 10.2. The minimum absolute atomic E-state index is 0.0131. The van der Waals surface area contributed by atoms with Crippen LogP contribution in [0.15, 0.2) is 94.6 Å². The Bertz CT molecular complexity index is 1130. The van der Waals surface area contributed by atoms with Gasteiger partial charge in [0.25, 0.3) is 0 Å². The van der Waals surface area contributed by atoms with E-state index in [4.69, 9.17) is 0 Å². The van der Waals surface area contributed by atoms with Crippen LogP contribution in [0.3, 0.4) is 0 Å². The van der Waals surface area contributed by atoms with Crippen molar-refractivity contribution in [3.8, 4) is 0 Å². The van der Waals surface area contributed by atoms with Gasteiger partial charge in [-0.05, 0) is 49.7 Å². The number of benzene rings is 3. The predicted octanol–water partition coefficient (Wildman–Crippen LogP) is 5.68. The highest BCUT2D eigenvalue weighted by Crippen LogP contribution is 2.46. The summed E-state index contributed by atoms with van der Waals surface area (Å²) in [5, 5.41) is 1.03. The number of sulfone groups is 1. The number of hydrogen-bond donors (Lipinski definition) is 0. The molecule has 0 saturated heterocycles. The molecule has 0 aliphatic carbocycles. The fourth-order valence-electron chi connectivity index (χ4n) is 3.30. The molecule has 3 rings (SSSR count). The minimum atomic E-state index is -3.87. The van der Waals surface area contributed by atoms with Gasteiger partial charge in [0.15, 0.2) is 0 Å². The van der Waals surface area contributed by atoms with Crippen LogP contribution in [0.5, 0.6) is 0 Å². The molecule has 4 nitrogen and oxygen atoms in total. The van der Waals surface area contributed by atoms with E-state index in [9.17, 15) is 13.0 Å². The predicted molar refractivity (Wildman–Crippen MR) is 130 cm³/mol. The van der Waals surface area contributed by atoms with Crippen molar-refractivity contribution in [3.63, 3.8) is 0 Å². The Morgan fingerprint density at radius 3 is 1.81 bits per heavy atom. The van der Waals surface area contributed by atoms with Crippen LogP contribution in [0.1, 0.15) is 38.2 Å². The number of nitrogens with zero attached hydrogens (tertiary/aromatic N) is 1. The SMILES string of the molecule is CCCCCC(=NP(=O)(c1ccccc1)c1ccccc1)S(=O)(=O)c1ccc(C)cc1. The summed E-state index contributed by atoms with van der Waals surface area (Å²) in [6, 6.07) is 24.6. The first kappa shape index (κ1) is 23.2. The molecular formula is C25H28NO3PS. The van der Waals surface area contributed by atoms with Crippen molar-refractivity contribution in [2.24, 2.45) is 4.76 Å². The molecule has 0 saturated carbocycles. The lowest BCUT2D eigenvalue weighted by Crippen LogP contribution is -2.20. The van der Waals surface area contributed by atoms with Gasteiger partial charge in [0, 0.05) is 17.0 Å². The van der Waals surface area contributed by atoms with Gasteiger partial charge in [-0.3, -0.25) is 4.57 Å². The number of aryl methyl sites for hydroxylation is 1. The third-order valence-electron chi connectivity index (χ3n) is 5.10. The molecule has 0 atom stereocenters. The molecule has 0 aliphatic heterocycles. The van der Waals surface area contributed by atoms with E-state index >= 15 is 0 Å². The highest BCUT2D eigenvalue weighted by atomic mass is 32.2. The summed E-state index contributed by atoms with van der Waals surface area (Å²) in [4.78, 5) is 0.182. The largest absolute Gasteiger partial charge is 0.288 e. The fourth-order valence-corrected chi connectivity index (χ4v) is 7.35. The molecule has 0 aromatic heterocycles. The van der Waals surface area contributed by atoms with Gasteiger partial charge in [0.05, 0.1) is 4.90 Å². The Morgan fingerprint density at radius 2 is 1.32 bits per heavy atom. The summed E-state index contributed by atoms with van der Waals surface area (Å²) in [7, 11) is -7.42. The molecule has 0 spiro atoms. The Kier molecular flexibility index (Phi) is 7.64. The van der Waals surface area contributed by atoms with Crippen molar-refractivity contribution in [1.29, 1.82) is 0 Å². The standard InChI is InChI=1S/C25H28NO3PS/c1-3-4-7-16-25(31(28,29)24-19-17-21(2)18-20-24)26-30(27,22-12-8-5-9-13-22)23-14-10-6-11-15-23/h5-6,8-15,17-20H,3-4,7,16H2,1-2H3. The van der Waals surface area contributed by atoms with E-state index in [-0.39, 0.29) is 16.4 Å². The van der Waals surface area contributed by atoms with Crippen LogP contribution in [0.25, 0.3) is 0 Å². The van der Waals surface area contributed by atoms with Gasteiger partial charge < -0.3 is 0 Å². The molecule has 0 fully saturated rings. The zero-order valence-electron chi connectivity index (χ0n) is 17.9. The second-order valence-corrected chi connectivity index (χ2v) is 11.8. The van der Waals surface area contributed by atoms with E-state index in [1.807, 2.05) is 19.1 Å². The van der Waals surface area contributed by atoms with Crippen LogP contribution in [0.4, 0.5) is 0 Å². The number of hydrogen-bond acceptors (Lipinski definition) is 3. The molecular weight excluding hydrogens is 425 g/mol. The lowest BCUT2D eigenvalue weighted by molar-refractivity contribution is 0.587. The number of unbranched alkanes of at least 4 members (excludes halogenated alkanes) is 2. The molecule has 0 bridgehead atoms. The second kappa shape index (κ2) is 10.2. The van der Waals surface area contributed by atoms with E-state index in [1.54, 1.807) is 72.8 Å². The quantitative estimate of drug-likeness (QED) is 0.191. The molecule has 3 aromatic rings. The highest BCUT2D eigenvalue weighted by molar-refractivity contribution is 8.07. The van der Waals surface area contributed by atoms with Crippen molar-refractivity contribution in [2.45, 2.75) is 44.4 Å². The first-order valence-corrected chi connectivity index (χ1v) is 13.6. The van der Waals surface area contributed by atoms with Crippen molar-refractivity contribution >= 4 is 32.8 Å². The first-order valence-electron chi connectivity index (χ1n) is 10.5. The van der Waals surface area contributed by atoms with Crippen LogP contribution in [-0.2, 0) is 14.4 Å². The van der Waals surface area contributed by atoms with Crippen LogP contribution >= 0.6 is 7.29 Å². The van der Waals surface area contributed by atoms with Crippen LogP contribution in [0, 0.1) is 6.92 Å². The Balaban J connectivity index is 2.20.